The summed E-state index contributed by atoms with van der Waals surface area (Å²) >= 11 is 1.50. The second-order valence-electron chi connectivity index (χ2n) is 3.56. The second-order valence-corrected chi connectivity index (χ2v) is 5.00. The van der Waals surface area contributed by atoms with Crippen LogP contribution in [0.2, 0.25) is 0 Å². The zero-order valence-electron chi connectivity index (χ0n) is 7.85. The van der Waals surface area contributed by atoms with E-state index in [1.807, 2.05) is 0 Å². The van der Waals surface area contributed by atoms with Crippen molar-refractivity contribution >= 4 is 16.9 Å². The van der Waals surface area contributed by atoms with Gasteiger partial charge in [0.2, 0.25) is 5.12 Å². The topological polar surface area (TPSA) is 17.1 Å². The van der Waals surface area contributed by atoms with E-state index in [0.29, 0.717) is 5.57 Å². The summed E-state index contributed by atoms with van der Waals surface area (Å²) < 4.78 is 0.274. The standard InChI is InChI=1S/C10H16OS/c1-4-10(6-5-7-10)12-9(11)8(2)3/h2,4-7H2,1,3H3. The summed E-state index contributed by atoms with van der Waals surface area (Å²) in [7, 11) is 0. The Morgan fingerprint density at radius 1 is 1.58 bits per heavy atom. The minimum Gasteiger partial charge on any atom is -0.282 e. The lowest BCUT2D eigenvalue weighted by molar-refractivity contribution is -0.107. The molecule has 0 saturated heterocycles. The van der Waals surface area contributed by atoms with E-state index in [0.717, 1.165) is 6.42 Å². The third-order valence-electron chi connectivity index (χ3n) is 2.57. The van der Waals surface area contributed by atoms with E-state index in [9.17, 15) is 4.79 Å². The van der Waals surface area contributed by atoms with Crippen LogP contribution in [0.25, 0.3) is 0 Å². The van der Waals surface area contributed by atoms with E-state index in [-0.39, 0.29) is 9.86 Å². The van der Waals surface area contributed by atoms with Gasteiger partial charge in [-0.05, 0) is 31.8 Å². The zero-order valence-corrected chi connectivity index (χ0v) is 8.67. The molecule has 1 fully saturated rings. The molecule has 0 bridgehead atoms. The normalized spacial score (nSPS) is 19.8. The molecule has 0 spiro atoms. The van der Waals surface area contributed by atoms with Gasteiger partial charge < -0.3 is 0 Å². The molecule has 1 saturated carbocycles. The molecule has 0 aromatic heterocycles. The van der Waals surface area contributed by atoms with Crippen LogP contribution in [0.5, 0.6) is 0 Å². The van der Waals surface area contributed by atoms with Crippen molar-refractivity contribution in [3.05, 3.63) is 12.2 Å². The highest BCUT2D eigenvalue weighted by molar-refractivity contribution is 8.15. The lowest BCUT2D eigenvalue weighted by Crippen LogP contribution is -2.33. The molecule has 0 N–H and O–H groups in total. The predicted molar refractivity (Wildman–Crippen MR) is 54.3 cm³/mol. The quantitative estimate of drug-likeness (QED) is 0.627. The summed E-state index contributed by atoms with van der Waals surface area (Å²) in [5, 5.41) is 0.177. The smallest absolute Gasteiger partial charge is 0.214 e. The van der Waals surface area contributed by atoms with Crippen molar-refractivity contribution in [1.82, 2.24) is 0 Å². The van der Waals surface area contributed by atoms with Crippen LogP contribution in [0.4, 0.5) is 0 Å². The van der Waals surface area contributed by atoms with Gasteiger partial charge in [-0.3, -0.25) is 4.79 Å². The Morgan fingerprint density at radius 2 is 2.17 bits per heavy atom. The van der Waals surface area contributed by atoms with E-state index in [2.05, 4.69) is 13.5 Å². The Balaban J connectivity index is 2.48. The van der Waals surface area contributed by atoms with Crippen molar-refractivity contribution in [1.29, 1.82) is 0 Å². The van der Waals surface area contributed by atoms with Crippen LogP contribution in [-0.4, -0.2) is 9.86 Å². The van der Waals surface area contributed by atoms with Crippen molar-refractivity contribution in [2.45, 2.75) is 44.3 Å². The molecule has 68 valence electrons. The maximum absolute atomic E-state index is 11.4. The van der Waals surface area contributed by atoms with Gasteiger partial charge in [-0.25, -0.2) is 0 Å². The van der Waals surface area contributed by atoms with Gasteiger partial charge in [0.25, 0.3) is 0 Å². The van der Waals surface area contributed by atoms with E-state index < -0.39 is 0 Å². The van der Waals surface area contributed by atoms with Gasteiger partial charge in [0.1, 0.15) is 0 Å². The molecule has 0 heterocycles. The average molecular weight is 184 g/mol. The monoisotopic (exact) mass is 184 g/mol. The molecule has 1 rings (SSSR count). The second kappa shape index (κ2) is 3.65. The summed E-state index contributed by atoms with van der Waals surface area (Å²) in [5.41, 5.74) is 0.680. The van der Waals surface area contributed by atoms with Crippen molar-refractivity contribution < 1.29 is 4.79 Å². The third-order valence-corrected chi connectivity index (χ3v) is 4.23. The van der Waals surface area contributed by atoms with Crippen molar-refractivity contribution in [3.8, 4) is 0 Å². The SMILES string of the molecule is C=C(C)C(=O)SC1(CC)CCC1. The highest BCUT2D eigenvalue weighted by Crippen LogP contribution is 2.47. The molecular weight excluding hydrogens is 168 g/mol. The fourth-order valence-corrected chi connectivity index (χ4v) is 2.59. The molecule has 0 aromatic carbocycles. The fourth-order valence-electron chi connectivity index (χ4n) is 1.38. The van der Waals surface area contributed by atoms with Crippen LogP contribution in [0.1, 0.15) is 39.5 Å². The van der Waals surface area contributed by atoms with Gasteiger partial charge in [-0.1, -0.05) is 31.7 Å². The van der Waals surface area contributed by atoms with Crippen LogP contribution >= 0.6 is 11.8 Å². The summed E-state index contributed by atoms with van der Waals surface area (Å²) in [6, 6.07) is 0. The maximum atomic E-state index is 11.4. The van der Waals surface area contributed by atoms with Gasteiger partial charge in [0, 0.05) is 4.75 Å². The Kier molecular flexibility index (Phi) is 2.99. The van der Waals surface area contributed by atoms with Crippen molar-refractivity contribution in [2.75, 3.05) is 0 Å². The lowest BCUT2D eigenvalue weighted by atomic mass is 9.82. The average Bonchev–Trinajstić information content (AvgIpc) is 1.96. The highest BCUT2D eigenvalue weighted by Gasteiger charge is 2.37. The molecule has 0 aromatic rings. The molecule has 12 heavy (non-hydrogen) atoms. The van der Waals surface area contributed by atoms with Crippen LogP contribution < -0.4 is 0 Å². The van der Waals surface area contributed by atoms with Gasteiger partial charge in [-0.2, -0.15) is 0 Å². The maximum Gasteiger partial charge on any atom is 0.214 e. The van der Waals surface area contributed by atoms with Gasteiger partial charge in [-0.15, -0.1) is 0 Å². The van der Waals surface area contributed by atoms with Gasteiger partial charge >= 0.3 is 0 Å². The number of carbonyl (C=O) groups is 1. The summed E-state index contributed by atoms with van der Waals surface area (Å²) in [6.45, 7) is 7.62. The molecule has 0 aliphatic heterocycles. The lowest BCUT2D eigenvalue weighted by Gasteiger charge is -2.39. The number of hydrogen-bond acceptors (Lipinski definition) is 2. The molecule has 0 atom stereocenters. The number of rotatable bonds is 3. The minimum absolute atomic E-state index is 0.177. The van der Waals surface area contributed by atoms with E-state index in [4.69, 9.17) is 0 Å². The fraction of sp³-hybridized carbons (Fsp3) is 0.700. The Hall–Kier alpha value is -0.240. The van der Waals surface area contributed by atoms with Crippen LogP contribution in [-0.2, 0) is 4.79 Å². The van der Waals surface area contributed by atoms with E-state index >= 15 is 0 Å². The molecule has 0 radical (unpaired) electrons. The van der Waals surface area contributed by atoms with Crippen molar-refractivity contribution in [2.24, 2.45) is 0 Å². The number of carbonyl (C=O) groups excluding carboxylic acids is 1. The van der Waals surface area contributed by atoms with E-state index in [1.54, 1.807) is 6.92 Å². The number of thioether (sulfide) groups is 1. The zero-order chi connectivity index (χ0) is 9.19. The van der Waals surface area contributed by atoms with Crippen molar-refractivity contribution in [3.63, 3.8) is 0 Å². The van der Waals surface area contributed by atoms with Crippen LogP contribution in [0.15, 0.2) is 12.2 Å². The third kappa shape index (κ3) is 1.92. The molecule has 0 unspecified atom stereocenters. The molecular formula is C10H16OS. The molecule has 1 aliphatic carbocycles. The highest BCUT2D eigenvalue weighted by atomic mass is 32.2. The predicted octanol–water partition coefficient (Wildman–Crippen LogP) is 3.16. The summed E-state index contributed by atoms with van der Waals surface area (Å²) in [5.74, 6) is 0. The first-order valence-corrected chi connectivity index (χ1v) is 5.30. The Bertz CT molecular complexity index is 198. The van der Waals surface area contributed by atoms with E-state index in [1.165, 1.54) is 31.0 Å². The van der Waals surface area contributed by atoms with Crippen LogP contribution in [0.3, 0.4) is 0 Å². The molecule has 2 heteroatoms. The van der Waals surface area contributed by atoms with Gasteiger partial charge in [0.05, 0.1) is 0 Å². The summed E-state index contributed by atoms with van der Waals surface area (Å²) in [6.07, 6.45) is 4.79. The number of hydrogen-bond donors (Lipinski definition) is 0. The molecule has 1 nitrogen and oxygen atoms in total. The first-order chi connectivity index (χ1) is 5.59. The summed E-state index contributed by atoms with van der Waals surface area (Å²) in [4.78, 5) is 11.4. The molecule has 1 aliphatic rings. The Labute approximate surface area is 78.6 Å². The molecule has 0 amide bonds. The minimum atomic E-state index is 0.177. The first-order valence-electron chi connectivity index (χ1n) is 4.48. The van der Waals surface area contributed by atoms with Crippen LogP contribution in [0, 0.1) is 0 Å². The van der Waals surface area contributed by atoms with Gasteiger partial charge in [0.15, 0.2) is 0 Å². The largest absolute Gasteiger partial charge is 0.282 e. The first kappa shape index (κ1) is 9.85. The Morgan fingerprint density at radius 3 is 2.42 bits per heavy atom.